The molecule has 0 saturated carbocycles. The van der Waals surface area contributed by atoms with Crippen LogP contribution in [0, 0.1) is 21.4 Å². The topological polar surface area (TPSA) is 131 Å². The van der Waals surface area contributed by atoms with Gasteiger partial charge in [-0.2, -0.15) is 5.26 Å². The summed E-state index contributed by atoms with van der Waals surface area (Å²) >= 11 is 6.28. The van der Waals surface area contributed by atoms with E-state index in [9.17, 15) is 20.2 Å². The van der Waals surface area contributed by atoms with Gasteiger partial charge in [0.1, 0.15) is 17.4 Å². The van der Waals surface area contributed by atoms with Gasteiger partial charge in [0.05, 0.1) is 21.4 Å². The van der Waals surface area contributed by atoms with Crippen LogP contribution in [-0.4, -0.2) is 10.8 Å². The van der Waals surface area contributed by atoms with Crippen LogP contribution in [0.4, 0.5) is 11.4 Å². The molecule has 1 atom stereocenters. The van der Waals surface area contributed by atoms with E-state index in [1.807, 2.05) is 6.07 Å². The molecule has 146 valence electrons. The van der Waals surface area contributed by atoms with Crippen LogP contribution < -0.4 is 11.1 Å². The third-order valence-electron chi connectivity index (χ3n) is 4.39. The van der Waals surface area contributed by atoms with E-state index in [1.165, 1.54) is 18.2 Å². The van der Waals surface area contributed by atoms with Crippen molar-refractivity contribution in [3.63, 3.8) is 0 Å². The number of non-ortho nitro benzene ring substituents is 1. The number of nitrogens with one attached hydrogen (secondary N) is 1. The molecule has 1 amide bonds. The summed E-state index contributed by atoms with van der Waals surface area (Å²) in [6, 6.07) is 14.5. The van der Waals surface area contributed by atoms with E-state index in [0.717, 1.165) is 0 Å². The molecule has 2 aromatic rings. The molecule has 2 aromatic carbocycles. The number of hydrogen-bond donors (Lipinski definition) is 2. The van der Waals surface area contributed by atoms with Crippen molar-refractivity contribution < 1.29 is 14.5 Å². The quantitative estimate of drug-likeness (QED) is 0.579. The number of rotatable bonds is 4. The van der Waals surface area contributed by atoms with Crippen molar-refractivity contribution in [3.05, 3.63) is 92.0 Å². The Morgan fingerprint density at radius 3 is 2.59 bits per heavy atom. The fourth-order valence-corrected chi connectivity index (χ4v) is 3.35. The van der Waals surface area contributed by atoms with Crippen LogP contribution in [0.3, 0.4) is 0 Å². The zero-order valence-corrected chi connectivity index (χ0v) is 15.9. The number of ether oxygens (including phenoxy) is 1. The number of hydrogen-bond acceptors (Lipinski definition) is 6. The van der Waals surface area contributed by atoms with E-state index in [2.05, 4.69) is 5.32 Å². The zero-order valence-electron chi connectivity index (χ0n) is 15.2. The van der Waals surface area contributed by atoms with Crippen LogP contribution in [0.15, 0.2) is 71.3 Å². The lowest BCUT2D eigenvalue weighted by Crippen LogP contribution is -2.28. The molecule has 0 radical (unpaired) electrons. The maximum atomic E-state index is 13.0. The number of amides is 1. The van der Waals surface area contributed by atoms with E-state index >= 15 is 0 Å². The molecule has 1 heterocycles. The van der Waals surface area contributed by atoms with E-state index < -0.39 is 16.7 Å². The van der Waals surface area contributed by atoms with Crippen LogP contribution in [0.25, 0.3) is 0 Å². The van der Waals surface area contributed by atoms with Gasteiger partial charge in [0.15, 0.2) is 0 Å². The van der Waals surface area contributed by atoms with Gasteiger partial charge in [-0.25, -0.2) is 0 Å². The summed E-state index contributed by atoms with van der Waals surface area (Å²) in [5.74, 6) is -1.39. The third-order valence-corrected chi connectivity index (χ3v) is 4.72. The molecule has 0 saturated heterocycles. The average Bonchev–Trinajstić information content (AvgIpc) is 2.68. The largest absolute Gasteiger partial charge is 0.445 e. The molecule has 0 fully saturated rings. The van der Waals surface area contributed by atoms with Gasteiger partial charge in [-0.3, -0.25) is 14.9 Å². The van der Waals surface area contributed by atoms with Gasteiger partial charge in [0.25, 0.3) is 11.6 Å². The molecule has 1 aliphatic heterocycles. The lowest BCUT2D eigenvalue weighted by molar-refractivity contribution is -0.384. The number of halogens is 1. The summed E-state index contributed by atoms with van der Waals surface area (Å²) in [6.45, 7) is 1.55. The SMILES string of the molecule is CC1=C(C(=O)Nc2ccccc2)[C@@H](c2ccc([N+](=O)[O-])cc2Cl)C(C#N)=C(N)O1. The van der Waals surface area contributed by atoms with Crippen molar-refractivity contribution in [3.8, 4) is 6.07 Å². The van der Waals surface area contributed by atoms with Gasteiger partial charge in [0.2, 0.25) is 5.88 Å². The molecular formula is C20H15ClN4O4. The highest BCUT2D eigenvalue weighted by molar-refractivity contribution is 6.31. The molecular weight excluding hydrogens is 396 g/mol. The number of carbonyl (C=O) groups excluding carboxylic acids is 1. The number of nitro benzene ring substituents is 1. The number of nitriles is 1. The molecule has 1 aliphatic rings. The van der Waals surface area contributed by atoms with Crippen molar-refractivity contribution in [1.29, 1.82) is 5.26 Å². The first-order valence-corrected chi connectivity index (χ1v) is 8.80. The number of carbonyl (C=O) groups is 1. The number of nitro groups is 1. The second-order valence-electron chi connectivity index (χ2n) is 6.18. The number of allylic oxidation sites excluding steroid dienone is 2. The summed E-state index contributed by atoms with van der Waals surface area (Å²) in [5, 5.41) is 23.4. The standard InChI is InChI=1S/C20H15ClN4O4/c1-11-17(20(26)24-12-5-3-2-4-6-12)18(15(10-22)19(23)29-11)14-8-7-13(25(27)28)9-16(14)21/h2-9,18H,23H2,1H3,(H,24,26)/t18-/m0/s1. The van der Waals surface area contributed by atoms with Crippen molar-refractivity contribution in [1.82, 2.24) is 0 Å². The first-order chi connectivity index (χ1) is 13.8. The minimum Gasteiger partial charge on any atom is -0.445 e. The van der Waals surface area contributed by atoms with E-state index in [-0.39, 0.29) is 33.5 Å². The minimum absolute atomic E-state index is 0.00966. The monoisotopic (exact) mass is 410 g/mol. The van der Waals surface area contributed by atoms with Crippen molar-refractivity contribution in [2.75, 3.05) is 5.32 Å². The Bertz CT molecular complexity index is 1100. The van der Waals surface area contributed by atoms with Crippen LogP contribution in [0.1, 0.15) is 18.4 Å². The molecule has 8 nitrogen and oxygen atoms in total. The molecule has 0 aromatic heterocycles. The normalized spacial score (nSPS) is 16.1. The fourth-order valence-electron chi connectivity index (χ4n) is 3.07. The number of nitrogens with two attached hydrogens (primary N) is 1. The molecule has 0 aliphatic carbocycles. The van der Waals surface area contributed by atoms with Gasteiger partial charge in [-0.1, -0.05) is 29.8 Å². The lowest BCUT2D eigenvalue weighted by atomic mass is 9.82. The highest BCUT2D eigenvalue weighted by atomic mass is 35.5. The Morgan fingerprint density at radius 1 is 1.31 bits per heavy atom. The number of nitrogens with zero attached hydrogens (tertiary/aromatic N) is 2. The van der Waals surface area contributed by atoms with Gasteiger partial charge < -0.3 is 15.8 Å². The summed E-state index contributed by atoms with van der Waals surface area (Å²) in [4.78, 5) is 23.5. The summed E-state index contributed by atoms with van der Waals surface area (Å²) in [5.41, 5.74) is 6.66. The Labute approximate surface area is 171 Å². The zero-order chi connectivity index (χ0) is 21.1. The molecule has 0 spiro atoms. The average molecular weight is 411 g/mol. The lowest BCUT2D eigenvalue weighted by Gasteiger charge is -2.28. The second kappa shape index (κ2) is 8.04. The van der Waals surface area contributed by atoms with Gasteiger partial charge in [0, 0.05) is 17.8 Å². The number of benzene rings is 2. The third kappa shape index (κ3) is 3.90. The molecule has 3 rings (SSSR count). The number of anilines is 1. The molecule has 29 heavy (non-hydrogen) atoms. The van der Waals surface area contributed by atoms with Crippen molar-refractivity contribution in [2.24, 2.45) is 5.73 Å². The van der Waals surface area contributed by atoms with Crippen LogP contribution in [0.5, 0.6) is 0 Å². The summed E-state index contributed by atoms with van der Waals surface area (Å²) in [7, 11) is 0. The molecule has 0 unspecified atom stereocenters. The Kier molecular flexibility index (Phi) is 5.52. The molecule has 9 heteroatoms. The van der Waals surface area contributed by atoms with Crippen LogP contribution in [0.2, 0.25) is 5.02 Å². The fraction of sp³-hybridized carbons (Fsp3) is 0.100. The van der Waals surface area contributed by atoms with Crippen molar-refractivity contribution in [2.45, 2.75) is 12.8 Å². The van der Waals surface area contributed by atoms with Gasteiger partial charge in [-0.05, 0) is 30.7 Å². The number of para-hydroxylation sites is 1. The van der Waals surface area contributed by atoms with Crippen LogP contribution >= 0.6 is 11.6 Å². The Hall–Kier alpha value is -3.83. The first-order valence-electron chi connectivity index (χ1n) is 8.42. The predicted octanol–water partition coefficient (Wildman–Crippen LogP) is 3.97. The van der Waals surface area contributed by atoms with Gasteiger partial charge in [-0.15, -0.1) is 0 Å². The van der Waals surface area contributed by atoms with Crippen LogP contribution in [-0.2, 0) is 9.53 Å². The maximum absolute atomic E-state index is 13.0. The highest BCUT2D eigenvalue weighted by Crippen LogP contribution is 2.42. The maximum Gasteiger partial charge on any atom is 0.270 e. The predicted molar refractivity (Wildman–Crippen MR) is 107 cm³/mol. The minimum atomic E-state index is -0.939. The van der Waals surface area contributed by atoms with E-state index in [1.54, 1.807) is 37.3 Å². The summed E-state index contributed by atoms with van der Waals surface area (Å²) < 4.78 is 5.42. The molecule has 3 N–H and O–H groups in total. The summed E-state index contributed by atoms with van der Waals surface area (Å²) in [6.07, 6.45) is 0. The first kappa shape index (κ1) is 19.9. The Morgan fingerprint density at radius 2 is 2.00 bits per heavy atom. The van der Waals surface area contributed by atoms with Crippen molar-refractivity contribution >= 4 is 28.9 Å². The van der Waals surface area contributed by atoms with E-state index in [4.69, 9.17) is 22.1 Å². The molecule has 0 bridgehead atoms. The van der Waals surface area contributed by atoms with E-state index in [0.29, 0.717) is 11.3 Å². The smallest absolute Gasteiger partial charge is 0.270 e. The second-order valence-corrected chi connectivity index (χ2v) is 6.58. The Balaban J connectivity index is 2.11. The highest BCUT2D eigenvalue weighted by Gasteiger charge is 2.37. The van der Waals surface area contributed by atoms with Gasteiger partial charge >= 0.3 is 0 Å².